The van der Waals surface area contributed by atoms with E-state index in [0.29, 0.717) is 5.69 Å². The number of carbonyl (C=O) groups is 1. The van der Waals surface area contributed by atoms with Crippen LogP contribution in [0, 0.1) is 18.3 Å². The molecule has 1 amide bonds. The summed E-state index contributed by atoms with van der Waals surface area (Å²) in [6, 6.07) is 15.5. The van der Waals surface area contributed by atoms with Crippen molar-refractivity contribution in [2.75, 3.05) is 5.32 Å². The summed E-state index contributed by atoms with van der Waals surface area (Å²) in [6.45, 7) is 2.07. The van der Waals surface area contributed by atoms with Gasteiger partial charge in [-0.25, -0.2) is 4.98 Å². The van der Waals surface area contributed by atoms with Gasteiger partial charge in [0.05, 0.1) is 16.3 Å². The third kappa shape index (κ3) is 2.97. The molecule has 2 aromatic carbocycles. The van der Waals surface area contributed by atoms with Crippen molar-refractivity contribution in [2.45, 2.75) is 13.3 Å². The fourth-order valence-corrected chi connectivity index (χ4v) is 3.20. The summed E-state index contributed by atoms with van der Waals surface area (Å²) in [5.74, 6) is -0.300. The maximum atomic E-state index is 11.4. The van der Waals surface area contributed by atoms with Gasteiger partial charge >= 0.3 is 0 Å². The zero-order valence-corrected chi connectivity index (χ0v) is 12.8. The number of thiazole rings is 1. The molecule has 5 heteroatoms. The number of benzene rings is 2. The lowest BCUT2D eigenvalue weighted by atomic mass is 10.2. The molecule has 0 saturated heterocycles. The molecule has 0 aliphatic carbocycles. The maximum absolute atomic E-state index is 11.4. The number of aryl methyl sites for hydroxylation is 1. The number of amides is 1. The van der Waals surface area contributed by atoms with Crippen LogP contribution in [0.1, 0.15) is 12.0 Å². The molecule has 0 aliphatic rings. The number of aromatic nitrogens is 1. The van der Waals surface area contributed by atoms with Crippen LogP contribution >= 0.6 is 11.3 Å². The molecule has 0 unspecified atom stereocenters. The summed E-state index contributed by atoms with van der Waals surface area (Å²) in [5.41, 5.74) is 3.91. The first kappa shape index (κ1) is 14.2. The van der Waals surface area contributed by atoms with E-state index in [9.17, 15) is 4.79 Å². The van der Waals surface area contributed by atoms with Gasteiger partial charge in [0.2, 0.25) is 5.91 Å². The monoisotopic (exact) mass is 307 g/mol. The predicted molar refractivity (Wildman–Crippen MR) is 88.7 cm³/mol. The number of hydrogen-bond acceptors (Lipinski definition) is 4. The minimum atomic E-state index is -0.300. The molecule has 0 bridgehead atoms. The van der Waals surface area contributed by atoms with Crippen LogP contribution in [-0.2, 0) is 4.79 Å². The first-order chi connectivity index (χ1) is 10.7. The highest BCUT2D eigenvalue weighted by Crippen LogP contribution is 2.31. The topological polar surface area (TPSA) is 65.8 Å². The number of hydrogen-bond donors (Lipinski definition) is 1. The van der Waals surface area contributed by atoms with Crippen molar-refractivity contribution in [3.05, 3.63) is 48.0 Å². The summed E-state index contributed by atoms with van der Waals surface area (Å²) in [5, 5.41) is 12.1. The zero-order chi connectivity index (χ0) is 15.5. The van der Waals surface area contributed by atoms with Crippen LogP contribution < -0.4 is 5.32 Å². The van der Waals surface area contributed by atoms with Gasteiger partial charge in [-0.1, -0.05) is 6.07 Å². The Hall–Kier alpha value is -2.71. The quantitative estimate of drug-likeness (QED) is 0.791. The molecule has 108 valence electrons. The van der Waals surface area contributed by atoms with E-state index in [2.05, 4.69) is 29.4 Å². The highest BCUT2D eigenvalue weighted by atomic mass is 32.1. The number of nitrogens with zero attached hydrogens (tertiary/aromatic N) is 2. The third-order valence-corrected chi connectivity index (χ3v) is 4.27. The Kier molecular flexibility index (Phi) is 3.86. The van der Waals surface area contributed by atoms with Crippen molar-refractivity contribution in [3.63, 3.8) is 0 Å². The van der Waals surface area contributed by atoms with Gasteiger partial charge in [0, 0.05) is 11.3 Å². The van der Waals surface area contributed by atoms with Crippen LogP contribution in [-0.4, -0.2) is 10.9 Å². The van der Waals surface area contributed by atoms with Gasteiger partial charge in [0.15, 0.2) is 0 Å². The number of nitrogens with one attached hydrogen (secondary N) is 1. The molecule has 0 radical (unpaired) electrons. The normalized spacial score (nSPS) is 10.4. The number of nitriles is 1. The first-order valence-electron chi connectivity index (χ1n) is 6.80. The molecular formula is C17H13N3OS. The Labute approximate surface area is 132 Å². The molecule has 22 heavy (non-hydrogen) atoms. The fourth-order valence-electron chi connectivity index (χ4n) is 2.13. The zero-order valence-electron chi connectivity index (χ0n) is 12.0. The summed E-state index contributed by atoms with van der Waals surface area (Å²) in [4.78, 5) is 16.0. The Bertz CT molecular complexity index is 875. The van der Waals surface area contributed by atoms with E-state index in [1.165, 1.54) is 10.3 Å². The molecule has 3 aromatic rings. The van der Waals surface area contributed by atoms with Crippen LogP contribution in [0.4, 0.5) is 5.69 Å². The van der Waals surface area contributed by atoms with Gasteiger partial charge in [-0.2, -0.15) is 5.26 Å². The summed E-state index contributed by atoms with van der Waals surface area (Å²) >= 11 is 1.65. The number of rotatable bonds is 3. The molecule has 1 heterocycles. The van der Waals surface area contributed by atoms with Gasteiger partial charge in [-0.3, -0.25) is 4.79 Å². The van der Waals surface area contributed by atoms with Crippen molar-refractivity contribution < 1.29 is 4.79 Å². The first-order valence-corrected chi connectivity index (χ1v) is 7.62. The van der Waals surface area contributed by atoms with Gasteiger partial charge in [-0.05, 0) is 48.9 Å². The Morgan fingerprint density at radius 3 is 2.77 bits per heavy atom. The third-order valence-electron chi connectivity index (χ3n) is 3.20. The number of fused-ring (bicyclic) bond motifs is 1. The molecule has 1 aromatic heterocycles. The van der Waals surface area contributed by atoms with Gasteiger partial charge < -0.3 is 5.32 Å². The second kappa shape index (κ2) is 5.96. The van der Waals surface area contributed by atoms with E-state index < -0.39 is 0 Å². The van der Waals surface area contributed by atoms with Crippen molar-refractivity contribution in [1.82, 2.24) is 4.98 Å². The SMILES string of the molecule is Cc1ccc2nc(-c3ccc(NC(=O)CC#N)cc3)sc2c1. The molecule has 4 nitrogen and oxygen atoms in total. The Balaban J connectivity index is 1.85. The molecule has 3 rings (SSSR count). The molecule has 0 aliphatic heterocycles. The summed E-state index contributed by atoms with van der Waals surface area (Å²) < 4.78 is 1.17. The van der Waals surface area contributed by atoms with Crippen LogP contribution in [0.25, 0.3) is 20.8 Å². The van der Waals surface area contributed by atoms with E-state index in [-0.39, 0.29) is 12.3 Å². The smallest absolute Gasteiger partial charge is 0.238 e. The molecule has 0 atom stereocenters. The average Bonchev–Trinajstić information content (AvgIpc) is 2.91. The lowest BCUT2D eigenvalue weighted by Gasteiger charge is -2.03. The van der Waals surface area contributed by atoms with Crippen LogP contribution in [0.2, 0.25) is 0 Å². The average molecular weight is 307 g/mol. The molecule has 0 saturated carbocycles. The van der Waals surface area contributed by atoms with Crippen molar-refractivity contribution in [2.24, 2.45) is 0 Å². The van der Waals surface area contributed by atoms with E-state index in [1.54, 1.807) is 11.3 Å². The van der Waals surface area contributed by atoms with E-state index in [4.69, 9.17) is 5.26 Å². The van der Waals surface area contributed by atoms with Gasteiger partial charge in [0.25, 0.3) is 0 Å². The minimum absolute atomic E-state index is 0.140. The second-order valence-electron chi connectivity index (χ2n) is 4.95. The van der Waals surface area contributed by atoms with Crippen molar-refractivity contribution in [3.8, 4) is 16.6 Å². The van der Waals surface area contributed by atoms with Crippen molar-refractivity contribution >= 4 is 33.1 Å². The maximum Gasteiger partial charge on any atom is 0.238 e. The largest absolute Gasteiger partial charge is 0.325 e. The Morgan fingerprint density at radius 2 is 2.05 bits per heavy atom. The van der Waals surface area contributed by atoms with Crippen LogP contribution in [0.3, 0.4) is 0 Å². The summed E-state index contributed by atoms with van der Waals surface area (Å²) in [6.07, 6.45) is -0.140. The van der Waals surface area contributed by atoms with Gasteiger partial charge in [0.1, 0.15) is 11.4 Å². The standard InChI is InChI=1S/C17H13N3OS/c1-11-2-7-14-15(10-11)22-17(20-14)12-3-5-13(6-4-12)19-16(21)8-9-18/h2-7,10H,8H2,1H3,(H,19,21). The van der Waals surface area contributed by atoms with Gasteiger partial charge in [-0.15, -0.1) is 11.3 Å². The molecular weight excluding hydrogens is 294 g/mol. The molecule has 1 N–H and O–H groups in total. The number of carbonyl (C=O) groups excluding carboxylic acids is 1. The van der Waals surface area contributed by atoms with E-state index in [0.717, 1.165) is 16.1 Å². The second-order valence-corrected chi connectivity index (χ2v) is 5.98. The highest BCUT2D eigenvalue weighted by molar-refractivity contribution is 7.21. The Morgan fingerprint density at radius 1 is 1.27 bits per heavy atom. The molecule has 0 fully saturated rings. The predicted octanol–water partition coefficient (Wildman–Crippen LogP) is 4.12. The van der Waals surface area contributed by atoms with Crippen molar-refractivity contribution in [1.29, 1.82) is 5.26 Å². The summed E-state index contributed by atoms with van der Waals surface area (Å²) in [7, 11) is 0. The van der Waals surface area contributed by atoms with Crippen LogP contribution in [0.15, 0.2) is 42.5 Å². The molecule has 0 spiro atoms. The lowest BCUT2D eigenvalue weighted by molar-refractivity contribution is -0.115. The lowest BCUT2D eigenvalue weighted by Crippen LogP contribution is -2.09. The van der Waals surface area contributed by atoms with E-state index in [1.807, 2.05) is 36.4 Å². The van der Waals surface area contributed by atoms with Crippen LogP contribution in [0.5, 0.6) is 0 Å². The minimum Gasteiger partial charge on any atom is -0.325 e. The van der Waals surface area contributed by atoms with E-state index >= 15 is 0 Å². The highest BCUT2D eigenvalue weighted by Gasteiger charge is 2.07. The number of anilines is 1. The fraction of sp³-hybridized carbons (Fsp3) is 0.118.